The Morgan fingerprint density at radius 1 is 1.30 bits per heavy atom. The summed E-state index contributed by atoms with van der Waals surface area (Å²) in [5.41, 5.74) is 0.197. The van der Waals surface area contributed by atoms with Crippen molar-refractivity contribution in [2.75, 3.05) is 24.7 Å². The number of nitrogens with zero attached hydrogens (tertiary/aromatic N) is 4. The van der Waals surface area contributed by atoms with Crippen LogP contribution in [0.5, 0.6) is 0 Å². The molecule has 1 heterocycles. The number of aromatic nitrogens is 2. The van der Waals surface area contributed by atoms with Crippen LogP contribution >= 0.6 is 11.8 Å². The highest BCUT2D eigenvalue weighted by Crippen LogP contribution is 2.33. The first kappa shape index (κ1) is 19.4. The van der Waals surface area contributed by atoms with Crippen molar-refractivity contribution < 1.29 is 4.79 Å². The number of hydrogen-bond donors (Lipinski definition) is 1. The lowest BCUT2D eigenvalue weighted by molar-refractivity contribution is -0.131. The van der Waals surface area contributed by atoms with Gasteiger partial charge in [0.2, 0.25) is 5.91 Å². The molecular formula is C20H25N5OS. The molecule has 1 saturated carbocycles. The highest BCUT2D eigenvalue weighted by atomic mass is 32.2. The number of carbonyl (C=O) groups excluding carboxylic acids is 1. The van der Waals surface area contributed by atoms with Crippen molar-refractivity contribution in [2.45, 2.75) is 49.7 Å². The number of fused-ring (bicyclic) bond motifs is 1. The van der Waals surface area contributed by atoms with Crippen molar-refractivity contribution in [3.63, 3.8) is 0 Å². The second kappa shape index (κ2) is 8.57. The summed E-state index contributed by atoms with van der Waals surface area (Å²) < 4.78 is 0. The van der Waals surface area contributed by atoms with Gasteiger partial charge in [-0.05, 0) is 31.9 Å². The molecule has 1 N–H and O–H groups in total. The van der Waals surface area contributed by atoms with Crippen molar-refractivity contribution in [3.8, 4) is 6.07 Å². The molecule has 0 spiro atoms. The Hall–Kier alpha value is -2.33. The first-order valence-electron chi connectivity index (χ1n) is 9.41. The molecule has 7 heteroatoms. The van der Waals surface area contributed by atoms with Crippen LogP contribution in [0, 0.1) is 11.3 Å². The van der Waals surface area contributed by atoms with Crippen LogP contribution in [0.25, 0.3) is 10.9 Å². The van der Waals surface area contributed by atoms with Gasteiger partial charge in [-0.2, -0.15) is 5.26 Å². The minimum absolute atomic E-state index is 0.0507. The van der Waals surface area contributed by atoms with E-state index in [0.717, 1.165) is 55.4 Å². The van der Waals surface area contributed by atoms with Gasteiger partial charge >= 0.3 is 0 Å². The van der Waals surface area contributed by atoms with E-state index in [2.05, 4.69) is 21.4 Å². The molecule has 3 rings (SSSR count). The van der Waals surface area contributed by atoms with Crippen molar-refractivity contribution >= 4 is 34.4 Å². The summed E-state index contributed by atoms with van der Waals surface area (Å²) in [5, 5.41) is 14.5. The lowest BCUT2D eigenvalue weighted by atomic mass is 9.81. The van der Waals surface area contributed by atoms with E-state index < -0.39 is 5.54 Å². The zero-order valence-corrected chi connectivity index (χ0v) is 16.7. The SMILES string of the molecule is CCNc1nc(SCC(=O)N(C)C2(C#N)CCCCC2)nc2ccccc12. The quantitative estimate of drug-likeness (QED) is 0.603. The first-order valence-corrected chi connectivity index (χ1v) is 10.4. The summed E-state index contributed by atoms with van der Waals surface area (Å²) in [5.74, 6) is 0.960. The van der Waals surface area contributed by atoms with Gasteiger partial charge < -0.3 is 10.2 Å². The Bertz CT molecular complexity index is 857. The van der Waals surface area contributed by atoms with E-state index in [-0.39, 0.29) is 11.7 Å². The van der Waals surface area contributed by atoms with Gasteiger partial charge in [-0.15, -0.1) is 0 Å². The molecule has 27 heavy (non-hydrogen) atoms. The number of benzene rings is 1. The Morgan fingerprint density at radius 3 is 2.74 bits per heavy atom. The Morgan fingerprint density at radius 2 is 2.04 bits per heavy atom. The standard InChI is InChI=1S/C20H25N5OS/c1-3-22-18-15-9-5-6-10-16(15)23-19(24-18)27-13-17(26)25(2)20(14-21)11-7-4-8-12-20/h5-6,9-10H,3-4,7-8,11-13H2,1-2H3,(H,22,23,24). The number of rotatable bonds is 6. The van der Waals surface area contributed by atoms with E-state index in [0.29, 0.717) is 5.16 Å². The van der Waals surface area contributed by atoms with Gasteiger partial charge in [-0.25, -0.2) is 9.97 Å². The van der Waals surface area contributed by atoms with Crippen LogP contribution in [0.2, 0.25) is 0 Å². The maximum absolute atomic E-state index is 12.7. The summed E-state index contributed by atoms with van der Waals surface area (Å²) in [6, 6.07) is 10.2. The summed E-state index contributed by atoms with van der Waals surface area (Å²) in [6.07, 6.45) is 4.65. The molecule has 0 aliphatic heterocycles. The maximum Gasteiger partial charge on any atom is 0.234 e. The van der Waals surface area contributed by atoms with E-state index in [9.17, 15) is 10.1 Å². The van der Waals surface area contributed by atoms with Crippen molar-refractivity contribution in [1.82, 2.24) is 14.9 Å². The minimum atomic E-state index is -0.658. The fraction of sp³-hybridized carbons (Fsp3) is 0.500. The summed E-state index contributed by atoms with van der Waals surface area (Å²) in [6.45, 7) is 2.78. The van der Waals surface area contributed by atoms with Crippen LogP contribution in [0.1, 0.15) is 39.0 Å². The molecular weight excluding hydrogens is 358 g/mol. The third-order valence-corrected chi connectivity index (χ3v) is 5.99. The molecule has 0 bridgehead atoms. The number of nitrogens with one attached hydrogen (secondary N) is 1. The molecule has 0 saturated heterocycles. The third-order valence-electron chi connectivity index (χ3n) is 5.16. The highest BCUT2D eigenvalue weighted by molar-refractivity contribution is 7.99. The van der Waals surface area contributed by atoms with Crippen molar-refractivity contribution in [3.05, 3.63) is 24.3 Å². The fourth-order valence-corrected chi connectivity index (χ4v) is 4.31. The number of hydrogen-bond acceptors (Lipinski definition) is 6. The number of para-hydroxylation sites is 1. The zero-order chi connectivity index (χ0) is 19.3. The normalized spacial score (nSPS) is 15.9. The van der Waals surface area contributed by atoms with Gasteiger partial charge in [-0.1, -0.05) is 43.2 Å². The summed E-state index contributed by atoms with van der Waals surface area (Å²) >= 11 is 1.32. The lowest BCUT2D eigenvalue weighted by Gasteiger charge is -2.39. The number of amides is 1. The smallest absolute Gasteiger partial charge is 0.234 e. The Balaban J connectivity index is 1.74. The van der Waals surface area contributed by atoms with Gasteiger partial charge in [0, 0.05) is 19.0 Å². The largest absolute Gasteiger partial charge is 0.370 e. The molecule has 1 fully saturated rings. The predicted molar refractivity (Wildman–Crippen MR) is 109 cm³/mol. The Labute approximate surface area is 164 Å². The maximum atomic E-state index is 12.7. The average Bonchev–Trinajstić information content (AvgIpc) is 2.72. The van der Waals surface area contributed by atoms with Gasteiger partial charge in [0.15, 0.2) is 5.16 Å². The molecule has 0 radical (unpaired) electrons. The number of nitriles is 1. The van der Waals surface area contributed by atoms with Gasteiger partial charge in [-0.3, -0.25) is 4.79 Å². The molecule has 1 aliphatic carbocycles. The first-order chi connectivity index (χ1) is 13.1. The van der Waals surface area contributed by atoms with Crippen LogP contribution in [-0.2, 0) is 4.79 Å². The number of carbonyl (C=O) groups is 1. The molecule has 1 aromatic carbocycles. The fourth-order valence-electron chi connectivity index (χ4n) is 3.54. The molecule has 1 aromatic heterocycles. The van der Waals surface area contributed by atoms with E-state index in [1.165, 1.54) is 11.8 Å². The lowest BCUT2D eigenvalue weighted by Crippen LogP contribution is -2.50. The average molecular weight is 384 g/mol. The van der Waals surface area contributed by atoms with Gasteiger partial charge in [0.1, 0.15) is 11.4 Å². The van der Waals surface area contributed by atoms with E-state index in [1.54, 1.807) is 11.9 Å². The Kier molecular flexibility index (Phi) is 6.17. The van der Waals surface area contributed by atoms with Crippen molar-refractivity contribution in [2.24, 2.45) is 0 Å². The van der Waals surface area contributed by atoms with Crippen LogP contribution in [0.15, 0.2) is 29.4 Å². The predicted octanol–water partition coefficient (Wildman–Crippen LogP) is 3.84. The highest BCUT2D eigenvalue weighted by Gasteiger charge is 2.38. The van der Waals surface area contributed by atoms with Crippen molar-refractivity contribution in [1.29, 1.82) is 5.26 Å². The van der Waals surface area contributed by atoms with E-state index in [4.69, 9.17) is 0 Å². The van der Waals surface area contributed by atoms with Gasteiger partial charge in [0.05, 0.1) is 17.3 Å². The molecule has 1 amide bonds. The topological polar surface area (TPSA) is 81.9 Å². The number of anilines is 1. The summed E-state index contributed by atoms with van der Waals surface area (Å²) in [4.78, 5) is 23.5. The van der Waals surface area contributed by atoms with Crippen LogP contribution < -0.4 is 5.32 Å². The second-order valence-electron chi connectivity index (χ2n) is 6.85. The molecule has 2 aromatic rings. The van der Waals surface area contributed by atoms with Crippen LogP contribution in [-0.4, -0.2) is 45.7 Å². The molecule has 0 unspecified atom stereocenters. The molecule has 142 valence electrons. The van der Waals surface area contributed by atoms with E-state index >= 15 is 0 Å². The molecule has 0 atom stereocenters. The minimum Gasteiger partial charge on any atom is -0.370 e. The molecule has 6 nitrogen and oxygen atoms in total. The number of thioether (sulfide) groups is 1. The molecule has 1 aliphatic rings. The summed E-state index contributed by atoms with van der Waals surface area (Å²) in [7, 11) is 1.75. The van der Waals surface area contributed by atoms with Gasteiger partial charge in [0.25, 0.3) is 0 Å². The van der Waals surface area contributed by atoms with Crippen LogP contribution in [0.3, 0.4) is 0 Å². The third kappa shape index (κ3) is 4.16. The monoisotopic (exact) mass is 383 g/mol. The second-order valence-corrected chi connectivity index (χ2v) is 7.79. The van der Waals surface area contributed by atoms with Crippen LogP contribution in [0.4, 0.5) is 5.82 Å². The van der Waals surface area contributed by atoms with E-state index in [1.807, 2.05) is 31.2 Å². The zero-order valence-electron chi connectivity index (χ0n) is 15.9.